The second kappa shape index (κ2) is 7.78. The summed E-state index contributed by atoms with van der Waals surface area (Å²) in [6, 6.07) is 11.0. The first-order valence-corrected chi connectivity index (χ1v) is 9.52. The van der Waals surface area contributed by atoms with E-state index in [-0.39, 0.29) is 10.6 Å². The van der Waals surface area contributed by atoms with Crippen molar-refractivity contribution in [2.45, 2.75) is 23.6 Å². The molecule has 0 aliphatic carbocycles. The number of rotatable bonds is 6. The lowest BCUT2D eigenvalue weighted by molar-refractivity contribution is -0.119. The fraction of sp³-hybridized carbons (Fsp3) is 0.188. The van der Waals surface area contributed by atoms with E-state index >= 15 is 0 Å². The largest absolute Gasteiger partial charge is 0.277 e. The summed E-state index contributed by atoms with van der Waals surface area (Å²) in [6.45, 7) is 3.54. The average molecular weight is 368 g/mol. The molecule has 2 N–H and O–H groups in total. The molecule has 2 aromatic carbocycles. The first-order valence-electron chi connectivity index (χ1n) is 7.05. The predicted molar refractivity (Wildman–Crippen MR) is 91.5 cm³/mol. The minimum Gasteiger partial charge on any atom is -0.277 e. The molecule has 0 aliphatic heterocycles. The number of carbonyl (C=O) groups is 1. The number of halogens is 1. The van der Waals surface area contributed by atoms with Gasteiger partial charge >= 0.3 is 0 Å². The molecule has 0 unspecified atom stereocenters. The number of sulfonamides is 1. The average Bonchev–Trinajstić information content (AvgIpc) is 2.52. The molecular weight excluding hydrogens is 351 g/mol. The molecule has 0 saturated heterocycles. The predicted octanol–water partition coefficient (Wildman–Crippen LogP) is 2.54. The van der Waals surface area contributed by atoms with Gasteiger partial charge in [0, 0.05) is 4.90 Å². The lowest BCUT2D eigenvalue weighted by Crippen LogP contribution is -2.42. The van der Waals surface area contributed by atoms with Crippen molar-refractivity contribution in [3.63, 3.8) is 0 Å². The van der Waals surface area contributed by atoms with E-state index in [1.807, 2.05) is 6.92 Å². The molecule has 1 amide bonds. The maximum Gasteiger partial charge on any atom is 0.257 e. The minimum absolute atomic E-state index is 0.0927. The number of aryl methyl sites for hydroxylation is 2. The van der Waals surface area contributed by atoms with Crippen molar-refractivity contribution in [3.8, 4) is 0 Å². The maximum absolute atomic E-state index is 13.4. The molecule has 0 bridgehead atoms. The molecule has 5 nitrogen and oxygen atoms in total. The summed E-state index contributed by atoms with van der Waals surface area (Å²) in [7, 11) is -3.86. The minimum atomic E-state index is -3.86. The number of hydrazine groups is 1. The number of carbonyl (C=O) groups excluding carboxylic acids is 1. The highest BCUT2D eigenvalue weighted by Crippen LogP contribution is 2.20. The van der Waals surface area contributed by atoms with Gasteiger partial charge in [0.2, 0.25) is 5.91 Å². The fourth-order valence-electron chi connectivity index (χ4n) is 2.02. The van der Waals surface area contributed by atoms with E-state index in [4.69, 9.17) is 0 Å². The van der Waals surface area contributed by atoms with Crippen molar-refractivity contribution in [2.24, 2.45) is 0 Å². The molecule has 2 rings (SSSR count). The molecule has 0 fully saturated rings. The van der Waals surface area contributed by atoms with E-state index in [0.29, 0.717) is 10.5 Å². The number of thioether (sulfide) groups is 1. The van der Waals surface area contributed by atoms with Crippen LogP contribution >= 0.6 is 11.8 Å². The summed E-state index contributed by atoms with van der Waals surface area (Å²) in [6.07, 6.45) is 0. The van der Waals surface area contributed by atoms with E-state index < -0.39 is 21.7 Å². The third kappa shape index (κ3) is 4.80. The molecule has 8 heteroatoms. The standard InChI is InChI=1S/C16H17FN2O3S2/c1-11-7-8-15(12(2)9-11)24(21,22)19-18-16(20)10-23-14-6-4-3-5-13(14)17/h3-9,19H,10H2,1-2H3,(H,18,20). The van der Waals surface area contributed by atoms with E-state index in [9.17, 15) is 17.6 Å². The summed E-state index contributed by atoms with van der Waals surface area (Å²) < 4.78 is 37.9. The molecule has 0 spiro atoms. The smallest absolute Gasteiger partial charge is 0.257 e. The summed E-state index contributed by atoms with van der Waals surface area (Å²) in [4.78, 5) is 14.2. The molecule has 2 aromatic rings. The van der Waals surface area contributed by atoms with Gasteiger partial charge in [-0.25, -0.2) is 12.8 Å². The lowest BCUT2D eigenvalue weighted by Gasteiger charge is -2.11. The summed E-state index contributed by atoms with van der Waals surface area (Å²) >= 11 is 0.985. The van der Waals surface area contributed by atoms with Gasteiger partial charge in [-0.05, 0) is 37.6 Å². The van der Waals surface area contributed by atoms with Gasteiger partial charge < -0.3 is 0 Å². The van der Waals surface area contributed by atoms with Gasteiger partial charge in [0.1, 0.15) is 5.82 Å². The number of benzene rings is 2. The monoisotopic (exact) mass is 368 g/mol. The first kappa shape index (κ1) is 18.4. The first-order chi connectivity index (χ1) is 11.3. The van der Waals surface area contributed by atoms with Gasteiger partial charge in [0.15, 0.2) is 0 Å². The second-order valence-corrected chi connectivity index (χ2v) is 7.81. The van der Waals surface area contributed by atoms with Crippen LogP contribution in [0.5, 0.6) is 0 Å². The van der Waals surface area contributed by atoms with Gasteiger partial charge in [0.25, 0.3) is 10.0 Å². The fourth-order valence-corrected chi connectivity index (χ4v) is 3.85. The van der Waals surface area contributed by atoms with Crippen molar-refractivity contribution in [1.82, 2.24) is 10.3 Å². The number of amides is 1. The van der Waals surface area contributed by atoms with Gasteiger partial charge in [0.05, 0.1) is 10.6 Å². The Kier molecular flexibility index (Phi) is 5.98. The maximum atomic E-state index is 13.4. The quantitative estimate of drug-likeness (QED) is 0.607. The third-order valence-corrected chi connectivity index (χ3v) is 5.60. The Morgan fingerprint density at radius 2 is 1.88 bits per heavy atom. The van der Waals surface area contributed by atoms with Crippen LogP contribution in [-0.2, 0) is 14.8 Å². The van der Waals surface area contributed by atoms with Crippen LogP contribution in [0.3, 0.4) is 0 Å². The van der Waals surface area contributed by atoms with Crippen LogP contribution in [0.25, 0.3) is 0 Å². The van der Waals surface area contributed by atoms with Gasteiger partial charge in [-0.1, -0.05) is 29.8 Å². The number of nitrogens with one attached hydrogen (secondary N) is 2. The summed E-state index contributed by atoms with van der Waals surface area (Å²) in [5.74, 6) is -1.11. The highest BCUT2D eigenvalue weighted by molar-refractivity contribution is 8.00. The summed E-state index contributed by atoms with van der Waals surface area (Å²) in [5, 5.41) is 0. The third-order valence-electron chi connectivity index (χ3n) is 3.14. The Bertz CT molecular complexity index is 854. The van der Waals surface area contributed by atoms with E-state index in [1.165, 1.54) is 12.1 Å². The SMILES string of the molecule is Cc1ccc(S(=O)(=O)NNC(=O)CSc2ccccc2F)c(C)c1. The van der Waals surface area contributed by atoms with Crippen LogP contribution in [-0.4, -0.2) is 20.1 Å². The second-order valence-electron chi connectivity index (χ2n) is 5.14. The molecule has 0 atom stereocenters. The van der Waals surface area contributed by atoms with Crippen molar-refractivity contribution in [2.75, 3.05) is 5.75 Å². The molecular formula is C16H17FN2O3S2. The summed E-state index contributed by atoms with van der Waals surface area (Å²) in [5.41, 5.74) is 3.66. The Labute approximate surface area is 144 Å². The molecule has 0 aliphatic rings. The number of hydrogen-bond donors (Lipinski definition) is 2. The highest BCUT2D eigenvalue weighted by atomic mass is 32.2. The van der Waals surface area contributed by atoms with E-state index in [1.54, 1.807) is 37.3 Å². The zero-order chi connectivity index (χ0) is 17.7. The zero-order valence-electron chi connectivity index (χ0n) is 13.2. The van der Waals surface area contributed by atoms with Crippen molar-refractivity contribution in [1.29, 1.82) is 0 Å². The molecule has 0 heterocycles. The van der Waals surface area contributed by atoms with Crippen molar-refractivity contribution < 1.29 is 17.6 Å². The van der Waals surface area contributed by atoms with Crippen LogP contribution in [0.2, 0.25) is 0 Å². The Hall–Kier alpha value is -1.90. The Morgan fingerprint density at radius 1 is 1.17 bits per heavy atom. The van der Waals surface area contributed by atoms with Crippen LogP contribution in [0.15, 0.2) is 52.3 Å². The van der Waals surface area contributed by atoms with Crippen molar-refractivity contribution in [3.05, 3.63) is 59.4 Å². The Balaban J connectivity index is 1.94. The molecule has 24 heavy (non-hydrogen) atoms. The molecule has 128 valence electrons. The van der Waals surface area contributed by atoms with Crippen LogP contribution in [0, 0.1) is 19.7 Å². The van der Waals surface area contributed by atoms with E-state index in [2.05, 4.69) is 10.3 Å². The van der Waals surface area contributed by atoms with E-state index in [0.717, 1.165) is 17.3 Å². The highest BCUT2D eigenvalue weighted by Gasteiger charge is 2.17. The van der Waals surface area contributed by atoms with Gasteiger partial charge in [-0.15, -0.1) is 16.6 Å². The van der Waals surface area contributed by atoms with Crippen LogP contribution in [0.1, 0.15) is 11.1 Å². The molecule has 0 saturated carbocycles. The topological polar surface area (TPSA) is 75.3 Å². The number of hydrogen-bond acceptors (Lipinski definition) is 4. The van der Waals surface area contributed by atoms with Gasteiger partial charge in [-0.3, -0.25) is 10.2 Å². The normalized spacial score (nSPS) is 11.3. The molecule has 0 aromatic heterocycles. The lowest BCUT2D eigenvalue weighted by atomic mass is 10.2. The van der Waals surface area contributed by atoms with Crippen LogP contribution in [0.4, 0.5) is 4.39 Å². The van der Waals surface area contributed by atoms with Crippen LogP contribution < -0.4 is 10.3 Å². The van der Waals surface area contributed by atoms with Crippen molar-refractivity contribution >= 4 is 27.7 Å². The zero-order valence-corrected chi connectivity index (χ0v) is 14.8. The van der Waals surface area contributed by atoms with Gasteiger partial charge in [-0.2, -0.15) is 0 Å². The molecule has 0 radical (unpaired) electrons. The Morgan fingerprint density at radius 3 is 2.54 bits per heavy atom.